The summed E-state index contributed by atoms with van der Waals surface area (Å²) in [5.41, 5.74) is 3.35. The van der Waals surface area contributed by atoms with Crippen molar-refractivity contribution in [2.45, 2.75) is 51.7 Å². The highest BCUT2D eigenvalue weighted by Crippen LogP contribution is 2.29. The van der Waals surface area contributed by atoms with Crippen LogP contribution in [0.25, 0.3) is 11.1 Å². The number of para-hydroxylation sites is 1. The number of carbonyl (C=O) groups excluding carboxylic acids is 1. The lowest BCUT2D eigenvalue weighted by Gasteiger charge is -2.28. The maximum Gasteiger partial charge on any atom is 0.224 e. The van der Waals surface area contributed by atoms with Gasteiger partial charge < -0.3 is 15.0 Å². The number of hydrogen-bond acceptors (Lipinski definition) is 3. The van der Waals surface area contributed by atoms with E-state index in [0.29, 0.717) is 19.0 Å². The molecule has 2 aromatic rings. The second-order valence-electron chi connectivity index (χ2n) is 7.51. The number of benzene rings is 2. The zero-order valence-corrected chi connectivity index (χ0v) is 17.8. The third-order valence-corrected chi connectivity index (χ3v) is 5.25. The van der Waals surface area contributed by atoms with Crippen LogP contribution in [0, 0.1) is 0 Å². The fraction of sp³-hybridized carbons (Fsp3) is 0.435. The number of methoxy groups -OCH3 is 1. The number of nitrogens with one attached hydrogen (secondary N) is 1. The summed E-state index contributed by atoms with van der Waals surface area (Å²) in [4.78, 5) is 14.8. The molecule has 3 rings (SSSR count). The van der Waals surface area contributed by atoms with E-state index in [1.165, 1.54) is 6.42 Å². The van der Waals surface area contributed by atoms with Gasteiger partial charge in [0.25, 0.3) is 0 Å². The van der Waals surface area contributed by atoms with E-state index in [4.69, 9.17) is 4.74 Å². The molecule has 1 unspecified atom stereocenters. The molecule has 0 spiro atoms. The van der Waals surface area contributed by atoms with Gasteiger partial charge in [0.2, 0.25) is 5.91 Å². The average Bonchev–Trinajstić information content (AvgIpc) is 3.19. The topological polar surface area (TPSA) is 41.6 Å². The van der Waals surface area contributed by atoms with Crippen molar-refractivity contribution in [2.75, 3.05) is 13.7 Å². The molecular weight excluding hydrogens is 372 g/mol. The van der Waals surface area contributed by atoms with Gasteiger partial charge in [0, 0.05) is 30.6 Å². The van der Waals surface area contributed by atoms with Gasteiger partial charge in [0.15, 0.2) is 0 Å². The van der Waals surface area contributed by atoms with Crippen molar-refractivity contribution in [1.29, 1.82) is 0 Å². The van der Waals surface area contributed by atoms with Crippen molar-refractivity contribution in [1.82, 2.24) is 10.2 Å². The van der Waals surface area contributed by atoms with Gasteiger partial charge in [0.05, 0.1) is 7.11 Å². The highest BCUT2D eigenvalue weighted by atomic mass is 35.5. The first kappa shape index (κ1) is 22.3. The minimum atomic E-state index is 0. The molecule has 28 heavy (non-hydrogen) atoms. The van der Waals surface area contributed by atoms with Crippen LogP contribution in [-0.4, -0.2) is 36.5 Å². The molecule has 1 N–H and O–H groups in total. The van der Waals surface area contributed by atoms with Crippen LogP contribution in [0.15, 0.2) is 48.5 Å². The molecule has 0 radical (unpaired) electrons. The van der Waals surface area contributed by atoms with E-state index in [9.17, 15) is 4.79 Å². The minimum absolute atomic E-state index is 0. The van der Waals surface area contributed by atoms with E-state index >= 15 is 0 Å². The molecule has 0 saturated carbocycles. The predicted octanol–water partition coefficient (Wildman–Crippen LogP) is 4.66. The van der Waals surface area contributed by atoms with Crippen molar-refractivity contribution in [3.63, 3.8) is 0 Å². The molecule has 2 aromatic carbocycles. The van der Waals surface area contributed by atoms with Crippen LogP contribution < -0.4 is 10.1 Å². The van der Waals surface area contributed by atoms with Crippen LogP contribution in [0.5, 0.6) is 5.75 Å². The fourth-order valence-electron chi connectivity index (χ4n) is 3.69. The van der Waals surface area contributed by atoms with Crippen LogP contribution >= 0.6 is 12.4 Å². The van der Waals surface area contributed by atoms with E-state index in [2.05, 4.69) is 49.5 Å². The minimum Gasteiger partial charge on any atom is -0.496 e. The van der Waals surface area contributed by atoms with E-state index < -0.39 is 0 Å². The van der Waals surface area contributed by atoms with Crippen LogP contribution in [0.3, 0.4) is 0 Å². The molecule has 0 aliphatic carbocycles. The van der Waals surface area contributed by atoms with Crippen LogP contribution in [0.4, 0.5) is 0 Å². The first-order chi connectivity index (χ1) is 13.1. The Kier molecular flexibility index (Phi) is 8.34. The summed E-state index contributed by atoms with van der Waals surface area (Å²) >= 11 is 0. The first-order valence-electron chi connectivity index (χ1n) is 9.83. The van der Waals surface area contributed by atoms with E-state index in [1.54, 1.807) is 7.11 Å². The summed E-state index contributed by atoms with van der Waals surface area (Å²) in [5.74, 6) is 1.10. The normalized spacial score (nSPS) is 15.9. The molecule has 5 heteroatoms. The largest absolute Gasteiger partial charge is 0.496 e. The second-order valence-corrected chi connectivity index (χ2v) is 7.51. The van der Waals surface area contributed by atoms with Crippen molar-refractivity contribution >= 4 is 18.3 Å². The number of rotatable bonds is 7. The number of halogens is 1. The summed E-state index contributed by atoms with van der Waals surface area (Å²) in [6, 6.07) is 17.0. The van der Waals surface area contributed by atoms with Gasteiger partial charge in [0.1, 0.15) is 5.75 Å². The lowest BCUT2D eigenvalue weighted by atomic mass is 10.0. The quantitative estimate of drug-likeness (QED) is 0.732. The first-order valence-corrected chi connectivity index (χ1v) is 9.83. The molecule has 0 aromatic heterocycles. The Hall–Kier alpha value is -2.04. The fourth-order valence-corrected chi connectivity index (χ4v) is 3.69. The van der Waals surface area contributed by atoms with Crippen molar-refractivity contribution in [2.24, 2.45) is 0 Å². The average molecular weight is 403 g/mol. The van der Waals surface area contributed by atoms with Crippen molar-refractivity contribution < 1.29 is 9.53 Å². The van der Waals surface area contributed by atoms with Crippen LogP contribution in [0.2, 0.25) is 0 Å². The Morgan fingerprint density at radius 3 is 2.50 bits per heavy atom. The molecule has 1 fully saturated rings. The molecule has 1 amide bonds. The highest BCUT2D eigenvalue weighted by molar-refractivity contribution is 5.85. The lowest BCUT2D eigenvalue weighted by Crippen LogP contribution is -2.39. The summed E-state index contributed by atoms with van der Waals surface area (Å²) in [6.45, 7) is 5.85. The zero-order chi connectivity index (χ0) is 19.2. The number of ether oxygens (including phenoxy) is 1. The molecule has 1 atom stereocenters. The van der Waals surface area contributed by atoms with E-state index in [-0.39, 0.29) is 24.4 Å². The Morgan fingerprint density at radius 1 is 1.18 bits per heavy atom. The summed E-state index contributed by atoms with van der Waals surface area (Å²) in [6.07, 6.45) is 2.87. The monoisotopic (exact) mass is 402 g/mol. The number of hydrogen-bond donors (Lipinski definition) is 1. The maximum atomic E-state index is 12.8. The van der Waals surface area contributed by atoms with E-state index in [0.717, 1.165) is 35.4 Å². The Morgan fingerprint density at radius 2 is 1.89 bits per heavy atom. The molecule has 1 aliphatic heterocycles. The Labute approximate surface area is 174 Å². The standard InChI is InChI=1S/C23H30N2O2.ClH/c1-17(2)25(23(26)15-20-7-6-14-24-20)16-18-10-12-19(13-11-18)21-8-4-5-9-22(21)27-3;/h4-5,8-13,17,20,24H,6-7,14-16H2,1-3H3;1H. The molecule has 4 nitrogen and oxygen atoms in total. The highest BCUT2D eigenvalue weighted by Gasteiger charge is 2.23. The third kappa shape index (κ3) is 5.49. The SMILES string of the molecule is COc1ccccc1-c1ccc(CN(C(=O)CC2CCCN2)C(C)C)cc1.Cl. The van der Waals surface area contributed by atoms with Crippen LogP contribution in [0.1, 0.15) is 38.7 Å². The maximum absolute atomic E-state index is 12.8. The van der Waals surface area contributed by atoms with Gasteiger partial charge in [-0.25, -0.2) is 0 Å². The van der Waals surface area contributed by atoms with Gasteiger partial charge >= 0.3 is 0 Å². The van der Waals surface area contributed by atoms with Gasteiger partial charge in [-0.2, -0.15) is 0 Å². The molecule has 0 bridgehead atoms. The summed E-state index contributed by atoms with van der Waals surface area (Å²) in [5, 5.41) is 3.42. The predicted molar refractivity (Wildman–Crippen MR) is 117 cm³/mol. The second kappa shape index (κ2) is 10.5. The van der Waals surface area contributed by atoms with Gasteiger partial charge in [-0.15, -0.1) is 12.4 Å². The van der Waals surface area contributed by atoms with E-state index in [1.807, 2.05) is 23.1 Å². The molecule has 1 aliphatic rings. The van der Waals surface area contributed by atoms with Crippen molar-refractivity contribution in [3.8, 4) is 16.9 Å². The summed E-state index contributed by atoms with van der Waals surface area (Å²) in [7, 11) is 1.69. The number of amides is 1. The molecule has 1 saturated heterocycles. The number of carbonyl (C=O) groups is 1. The third-order valence-electron chi connectivity index (χ3n) is 5.25. The van der Waals surface area contributed by atoms with Crippen molar-refractivity contribution in [3.05, 3.63) is 54.1 Å². The summed E-state index contributed by atoms with van der Waals surface area (Å²) < 4.78 is 5.46. The van der Waals surface area contributed by atoms with Gasteiger partial charge in [-0.1, -0.05) is 42.5 Å². The molecule has 152 valence electrons. The van der Waals surface area contributed by atoms with Gasteiger partial charge in [-0.3, -0.25) is 4.79 Å². The lowest BCUT2D eigenvalue weighted by molar-refractivity contribution is -0.134. The zero-order valence-electron chi connectivity index (χ0n) is 17.0. The molecular formula is C23H31ClN2O2. The smallest absolute Gasteiger partial charge is 0.224 e. The van der Waals surface area contributed by atoms with Crippen LogP contribution in [-0.2, 0) is 11.3 Å². The van der Waals surface area contributed by atoms with Gasteiger partial charge in [-0.05, 0) is 50.4 Å². The molecule has 1 heterocycles. The number of nitrogens with zero attached hydrogens (tertiary/aromatic N) is 1. The Balaban J connectivity index is 0.00000280. The Bertz CT molecular complexity index is 755.